The third-order valence-corrected chi connectivity index (χ3v) is 4.47. The quantitative estimate of drug-likeness (QED) is 0.705. The first kappa shape index (κ1) is 19.5. The Bertz CT molecular complexity index is 1000. The molecule has 6 nitrogen and oxygen atoms in total. The molecule has 0 aliphatic rings. The lowest BCUT2D eigenvalue weighted by molar-refractivity contribution is -0.122. The van der Waals surface area contributed by atoms with Crippen molar-refractivity contribution in [2.45, 2.75) is 39.3 Å². The summed E-state index contributed by atoms with van der Waals surface area (Å²) in [5, 5.41) is 6.86. The molecule has 0 radical (unpaired) electrons. The van der Waals surface area contributed by atoms with E-state index in [4.69, 9.17) is 4.42 Å². The van der Waals surface area contributed by atoms with Crippen LogP contribution in [0.1, 0.15) is 43.9 Å². The summed E-state index contributed by atoms with van der Waals surface area (Å²) in [4.78, 5) is 24.3. The maximum Gasteiger partial charge on any atom is 0.437 e. The topological polar surface area (TPSA) is 77.1 Å². The van der Waals surface area contributed by atoms with Crippen LogP contribution >= 0.6 is 0 Å². The Morgan fingerprint density at radius 3 is 2.29 bits per heavy atom. The van der Waals surface area contributed by atoms with Gasteiger partial charge in [-0.2, -0.15) is 4.68 Å². The van der Waals surface area contributed by atoms with Gasteiger partial charge >= 0.3 is 5.76 Å². The Morgan fingerprint density at radius 1 is 1.07 bits per heavy atom. The maximum atomic E-state index is 13.0. The van der Waals surface area contributed by atoms with Crippen LogP contribution < -0.4 is 11.1 Å². The van der Waals surface area contributed by atoms with Gasteiger partial charge in [0.2, 0.25) is 11.8 Å². The average Bonchev–Trinajstić information content (AvgIpc) is 3.02. The van der Waals surface area contributed by atoms with Gasteiger partial charge in [-0.15, -0.1) is 5.10 Å². The van der Waals surface area contributed by atoms with Crippen LogP contribution in [0, 0.1) is 5.82 Å². The molecule has 1 heterocycles. The van der Waals surface area contributed by atoms with Crippen molar-refractivity contribution in [3.05, 3.63) is 76.0 Å². The zero-order valence-electron chi connectivity index (χ0n) is 16.0. The number of aromatic nitrogens is 2. The number of hydrogen-bond acceptors (Lipinski definition) is 4. The summed E-state index contributed by atoms with van der Waals surface area (Å²) < 4.78 is 19.0. The van der Waals surface area contributed by atoms with Gasteiger partial charge in [0, 0.05) is 5.56 Å². The summed E-state index contributed by atoms with van der Waals surface area (Å²) in [6, 6.07) is 13.2. The van der Waals surface area contributed by atoms with Gasteiger partial charge in [0.1, 0.15) is 12.4 Å². The SMILES string of the molecule is CC(C)c1ccc([C@@H](C)NC(=O)Cn2nc(-c3ccc(F)cc3)oc2=O)cc1. The van der Waals surface area contributed by atoms with Crippen LogP contribution in [0.25, 0.3) is 11.5 Å². The molecular formula is C21H22FN3O3. The molecule has 1 amide bonds. The maximum absolute atomic E-state index is 13.0. The lowest BCUT2D eigenvalue weighted by Crippen LogP contribution is -2.33. The second-order valence-electron chi connectivity index (χ2n) is 6.95. The molecule has 1 atom stereocenters. The Balaban J connectivity index is 1.66. The first-order valence-electron chi connectivity index (χ1n) is 9.06. The van der Waals surface area contributed by atoms with Gasteiger partial charge in [0.05, 0.1) is 6.04 Å². The third-order valence-electron chi connectivity index (χ3n) is 4.47. The Morgan fingerprint density at radius 2 is 1.68 bits per heavy atom. The summed E-state index contributed by atoms with van der Waals surface area (Å²) in [5.41, 5.74) is 2.65. The predicted molar refractivity (Wildman–Crippen MR) is 103 cm³/mol. The number of rotatable bonds is 6. The van der Waals surface area contributed by atoms with Gasteiger partial charge in [-0.3, -0.25) is 4.79 Å². The summed E-state index contributed by atoms with van der Waals surface area (Å²) >= 11 is 0. The van der Waals surface area contributed by atoms with E-state index in [0.717, 1.165) is 10.2 Å². The number of amides is 1. The minimum absolute atomic E-state index is 0.0372. The molecule has 3 aromatic rings. The first-order valence-corrected chi connectivity index (χ1v) is 9.06. The van der Waals surface area contributed by atoms with E-state index in [1.807, 2.05) is 31.2 Å². The lowest BCUT2D eigenvalue weighted by atomic mass is 9.99. The molecule has 0 saturated carbocycles. The second kappa shape index (κ2) is 8.21. The lowest BCUT2D eigenvalue weighted by Gasteiger charge is -2.15. The number of hydrogen-bond donors (Lipinski definition) is 1. The molecule has 0 fully saturated rings. The van der Waals surface area contributed by atoms with Crippen molar-refractivity contribution >= 4 is 5.91 Å². The molecule has 0 unspecified atom stereocenters. The van der Waals surface area contributed by atoms with Crippen LogP contribution in [0.3, 0.4) is 0 Å². The van der Waals surface area contributed by atoms with Crippen LogP contribution in [0.15, 0.2) is 57.7 Å². The number of carbonyl (C=O) groups is 1. The minimum Gasteiger partial charge on any atom is -0.388 e. The van der Waals surface area contributed by atoms with E-state index in [2.05, 4.69) is 24.3 Å². The molecule has 3 rings (SSSR count). The molecule has 7 heteroatoms. The van der Waals surface area contributed by atoms with E-state index in [-0.39, 0.29) is 24.4 Å². The zero-order valence-corrected chi connectivity index (χ0v) is 16.0. The van der Waals surface area contributed by atoms with Crippen LogP contribution in [-0.2, 0) is 11.3 Å². The van der Waals surface area contributed by atoms with Crippen molar-refractivity contribution < 1.29 is 13.6 Å². The summed E-state index contributed by atoms with van der Waals surface area (Å²) in [6.45, 7) is 5.85. The summed E-state index contributed by atoms with van der Waals surface area (Å²) in [6.07, 6.45) is 0. The van der Waals surface area contributed by atoms with Gasteiger partial charge in [-0.25, -0.2) is 9.18 Å². The predicted octanol–water partition coefficient (Wildman–Crippen LogP) is 3.64. The summed E-state index contributed by atoms with van der Waals surface area (Å²) in [5.74, 6) is -1.03. The molecule has 0 saturated heterocycles. The second-order valence-corrected chi connectivity index (χ2v) is 6.95. The van der Waals surface area contributed by atoms with Gasteiger partial charge in [-0.05, 0) is 48.2 Å². The monoisotopic (exact) mass is 383 g/mol. The molecule has 0 spiro atoms. The molecular weight excluding hydrogens is 361 g/mol. The highest BCUT2D eigenvalue weighted by atomic mass is 19.1. The molecule has 28 heavy (non-hydrogen) atoms. The van der Waals surface area contributed by atoms with E-state index in [9.17, 15) is 14.0 Å². The van der Waals surface area contributed by atoms with Gasteiger partial charge in [-0.1, -0.05) is 38.1 Å². The van der Waals surface area contributed by atoms with Crippen LogP contribution in [0.2, 0.25) is 0 Å². The minimum atomic E-state index is -0.747. The third kappa shape index (κ3) is 4.54. The van der Waals surface area contributed by atoms with Gasteiger partial charge in [0.15, 0.2) is 0 Å². The molecule has 0 aliphatic carbocycles. The Hall–Kier alpha value is -3.22. The standard InChI is InChI=1S/C21H22FN3O3/c1-13(2)15-4-6-16(7-5-15)14(3)23-19(26)12-25-21(27)28-20(24-25)17-8-10-18(22)11-9-17/h4-11,13-14H,12H2,1-3H3,(H,23,26)/t14-/m1/s1. The zero-order chi connectivity index (χ0) is 20.3. The largest absolute Gasteiger partial charge is 0.437 e. The summed E-state index contributed by atoms with van der Waals surface area (Å²) in [7, 11) is 0. The molecule has 146 valence electrons. The smallest absolute Gasteiger partial charge is 0.388 e. The van der Waals surface area contributed by atoms with Crippen molar-refractivity contribution in [2.75, 3.05) is 0 Å². The van der Waals surface area contributed by atoms with E-state index >= 15 is 0 Å². The van der Waals surface area contributed by atoms with Crippen molar-refractivity contribution in [3.63, 3.8) is 0 Å². The van der Waals surface area contributed by atoms with Gasteiger partial charge in [0.25, 0.3) is 0 Å². The first-order chi connectivity index (χ1) is 13.3. The fraction of sp³-hybridized carbons (Fsp3) is 0.286. The number of nitrogens with one attached hydrogen (secondary N) is 1. The van der Waals surface area contributed by atoms with E-state index in [1.165, 1.54) is 29.8 Å². The van der Waals surface area contributed by atoms with Crippen LogP contribution in [0.4, 0.5) is 4.39 Å². The highest BCUT2D eigenvalue weighted by Gasteiger charge is 2.15. The molecule has 0 bridgehead atoms. The highest BCUT2D eigenvalue weighted by molar-refractivity contribution is 5.76. The van der Waals surface area contributed by atoms with E-state index in [0.29, 0.717) is 11.5 Å². The van der Waals surface area contributed by atoms with Crippen molar-refractivity contribution in [2.24, 2.45) is 0 Å². The molecule has 1 aromatic heterocycles. The Labute approximate surface area is 162 Å². The van der Waals surface area contributed by atoms with E-state index < -0.39 is 11.6 Å². The highest BCUT2D eigenvalue weighted by Crippen LogP contribution is 2.19. The van der Waals surface area contributed by atoms with E-state index in [1.54, 1.807) is 0 Å². The van der Waals surface area contributed by atoms with Crippen LogP contribution in [0.5, 0.6) is 0 Å². The number of halogens is 1. The molecule has 2 aromatic carbocycles. The molecule has 0 aliphatic heterocycles. The van der Waals surface area contributed by atoms with Crippen molar-refractivity contribution in [3.8, 4) is 11.5 Å². The average molecular weight is 383 g/mol. The van der Waals surface area contributed by atoms with Crippen LogP contribution in [-0.4, -0.2) is 15.7 Å². The fourth-order valence-electron chi connectivity index (χ4n) is 2.79. The normalized spacial score (nSPS) is 12.2. The number of carbonyl (C=O) groups excluding carboxylic acids is 1. The van der Waals surface area contributed by atoms with Crippen molar-refractivity contribution in [1.82, 2.24) is 15.1 Å². The van der Waals surface area contributed by atoms with Crippen molar-refractivity contribution in [1.29, 1.82) is 0 Å². The number of nitrogens with zero attached hydrogens (tertiary/aromatic N) is 2. The number of benzene rings is 2. The molecule has 1 N–H and O–H groups in total. The Kier molecular flexibility index (Phi) is 5.73. The van der Waals surface area contributed by atoms with Gasteiger partial charge < -0.3 is 9.73 Å². The fourth-order valence-corrected chi connectivity index (χ4v) is 2.79.